The van der Waals surface area contributed by atoms with E-state index < -0.39 is 54.6 Å². The summed E-state index contributed by atoms with van der Waals surface area (Å²) in [5.74, 6) is 0. The molecule has 0 aromatic carbocycles. The van der Waals surface area contributed by atoms with Crippen molar-refractivity contribution >= 4 is 23.5 Å². The lowest BCUT2D eigenvalue weighted by Gasteiger charge is -2.19. The van der Waals surface area contributed by atoms with E-state index >= 15 is 0 Å². The minimum atomic E-state index is -5.49. The molecule has 1 saturated heterocycles. The van der Waals surface area contributed by atoms with Crippen LogP contribution in [0.25, 0.3) is 0 Å². The number of nitrogens with two attached hydrogens (primary N) is 1. The predicted octanol–water partition coefficient (Wildman–Crippen LogP) is -0.957. The number of hydrogen-bond acceptors (Lipinski definition) is 11. The summed E-state index contributed by atoms with van der Waals surface area (Å²) in [5.41, 5.74) is 5.49. The van der Waals surface area contributed by atoms with Gasteiger partial charge in [0.25, 0.3) is 0 Å². The van der Waals surface area contributed by atoms with Crippen LogP contribution in [0.4, 0.5) is 0 Å². The van der Waals surface area contributed by atoms with Gasteiger partial charge in [-0.05, 0) is 0 Å². The summed E-state index contributed by atoms with van der Waals surface area (Å²) in [7, 11) is -13.8. The normalized spacial score (nSPS) is 35.1. The zero-order chi connectivity index (χ0) is 18.8. The summed E-state index contributed by atoms with van der Waals surface area (Å²) in [6.45, 7) is -0.774. The van der Waals surface area contributed by atoms with E-state index in [1.54, 1.807) is 0 Å². The maximum atomic E-state index is 11.6. The van der Waals surface area contributed by atoms with Gasteiger partial charge in [0.05, 0.1) is 6.61 Å². The van der Waals surface area contributed by atoms with Crippen LogP contribution in [-0.2, 0) is 40.8 Å². The van der Waals surface area contributed by atoms with Crippen LogP contribution in [0, 0.1) is 0 Å². The van der Waals surface area contributed by atoms with Crippen LogP contribution >= 0.6 is 23.5 Å². The lowest BCUT2D eigenvalue weighted by Crippen LogP contribution is -2.38. The van der Waals surface area contributed by atoms with Crippen molar-refractivity contribution in [2.24, 2.45) is 5.73 Å². The number of aliphatic hydroxyl groups excluding tert-OH is 1. The number of ether oxygens (including phenoxy) is 2. The summed E-state index contributed by atoms with van der Waals surface area (Å²) in [5, 5.41) is 9.80. The van der Waals surface area contributed by atoms with Crippen molar-refractivity contribution in [3.63, 3.8) is 0 Å². The Morgan fingerprint density at radius 3 is 2.04 bits per heavy atom. The van der Waals surface area contributed by atoms with Gasteiger partial charge in [-0.3, -0.25) is 9.05 Å². The fourth-order valence-corrected chi connectivity index (χ4v) is 4.94. The van der Waals surface area contributed by atoms with E-state index in [1.807, 2.05) is 0 Å². The molecule has 1 aliphatic rings. The fourth-order valence-electron chi connectivity index (χ4n) is 1.68. The van der Waals surface area contributed by atoms with Gasteiger partial charge in [-0.2, -0.15) is 8.62 Å². The SMILES string of the molecule is COC1[C@H](N)O[C@H](COP(=O)(O)OP(=O)(O)OP(=O)(O)OC)[C@@H]1O. The Kier molecular flexibility index (Phi) is 7.70. The number of rotatable bonds is 9. The van der Waals surface area contributed by atoms with E-state index in [0.29, 0.717) is 7.11 Å². The van der Waals surface area contributed by atoms with E-state index in [2.05, 4.69) is 17.7 Å². The minimum Gasteiger partial charge on any atom is -0.387 e. The van der Waals surface area contributed by atoms with Gasteiger partial charge in [-0.15, -0.1) is 0 Å². The van der Waals surface area contributed by atoms with Gasteiger partial charge >= 0.3 is 23.5 Å². The largest absolute Gasteiger partial charge is 0.490 e. The van der Waals surface area contributed by atoms with Crippen LogP contribution in [0.3, 0.4) is 0 Å². The first-order chi connectivity index (χ1) is 10.8. The number of phosphoric ester groups is 2. The zero-order valence-electron chi connectivity index (χ0n) is 12.4. The second-order valence-electron chi connectivity index (χ2n) is 4.38. The minimum absolute atomic E-state index is 0.685. The second kappa shape index (κ2) is 8.30. The van der Waals surface area contributed by atoms with Gasteiger partial charge in [0.15, 0.2) is 0 Å². The van der Waals surface area contributed by atoms with E-state index in [9.17, 15) is 23.7 Å². The highest BCUT2D eigenvalue weighted by Gasteiger charge is 2.45. The Hall–Kier alpha value is 0.250. The standard InChI is InChI=1S/C7H18NO13P3/c1-16-6-5(9)4(19-7(6)8)3-18-23(12,13)21-24(14,15)20-22(10,11)17-2/h4-7,9H,3,8H2,1-2H3,(H,10,11)(H,12,13)(H,14,15)/t4-,5+,6?,7-/m1/s1. The molecule has 14 nitrogen and oxygen atoms in total. The molecule has 0 amide bonds. The molecule has 1 aliphatic heterocycles. The number of aliphatic hydroxyl groups is 1. The van der Waals surface area contributed by atoms with E-state index in [0.717, 1.165) is 0 Å². The Morgan fingerprint density at radius 2 is 1.58 bits per heavy atom. The van der Waals surface area contributed by atoms with Crippen molar-refractivity contribution < 1.29 is 60.6 Å². The van der Waals surface area contributed by atoms with E-state index in [-0.39, 0.29) is 0 Å². The third kappa shape index (κ3) is 6.52. The van der Waals surface area contributed by atoms with Crippen molar-refractivity contribution in [1.29, 1.82) is 0 Å². The second-order valence-corrected chi connectivity index (χ2v) is 9.12. The molecule has 0 aromatic heterocycles. The van der Waals surface area contributed by atoms with Gasteiger partial charge in [-0.25, -0.2) is 13.7 Å². The predicted molar refractivity (Wildman–Crippen MR) is 74.3 cm³/mol. The topological polar surface area (TPSA) is 214 Å². The quantitative estimate of drug-likeness (QED) is 0.286. The maximum Gasteiger partial charge on any atom is 0.490 e. The molecule has 1 rings (SSSR count). The molecule has 0 bridgehead atoms. The highest BCUT2D eigenvalue weighted by Crippen LogP contribution is 2.67. The number of phosphoric acid groups is 3. The van der Waals surface area contributed by atoms with Crippen LogP contribution in [0.2, 0.25) is 0 Å². The molecule has 7 atom stereocenters. The van der Waals surface area contributed by atoms with E-state index in [1.165, 1.54) is 7.11 Å². The lowest BCUT2D eigenvalue weighted by molar-refractivity contribution is -0.0197. The van der Waals surface area contributed by atoms with Crippen LogP contribution in [-0.4, -0.2) is 65.2 Å². The lowest BCUT2D eigenvalue weighted by atomic mass is 10.1. The van der Waals surface area contributed by atoms with Gasteiger partial charge in [0.1, 0.15) is 24.5 Å². The Bertz CT molecular complexity index is 570. The van der Waals surface area contributed by atoms with Crippen LogP contribution in [0.1, 0.15) is 0 Å². The number of hydrogen-bond donors (Lipinski definition) is 5. The smallest absolute Gasteiger partial charge is 0.387 e. The average molecular weight is 417 g/mol. The van der Waals surface area contributed by atoms with Crippen molar-refractivity contribution in [3.05, 3.63) is 0 Å². The molecule has 144 valence electrons. The molecular formula is C7H18NO13P3. The Balaban J connectivity index is 2.63. The third-order valence-corrected chi connectivity index (χ3v) is 6.93. The molecule has 0 aliphatic carbocycles. The van der Waals surface area contributed by atoms with Crippen molar-refractivity contribution in [3.8, 4) is 0 Å². The summed E-state index contributed by atoms with van der Waals surface area (Å²) < 4.78 is 59.6. The van der Waals surface area contributed by atoms with Crippen LogP contribution < -0.4 is 5.73 Å². The highest BCUT2D eigenvalue weighted by molar-refractivity contribution is 7.66. The molecule has 0 radical (unpaired) electrons. The molecule has 0 spiro atoms. The summed E-state index contributed by atoms with van der Waals surface area (Å²) in [6.07, 6.45) is -4.47. The summed E-state index contributed by atoms with van der Waals surface area (Å²) in [6, 6.07) is 0. The zero-order valence-corrected chi connectivity index (χ0v) is 15.1. The third-order valence-electron chi connectivity index (χ3n) is 2.69. The molecule has 0 saturated carbocycles. The molecule has 4 unspecified atom stereocenters. The summed E-state index contributed by atoms with van der Waals surface area (Å²) >= 11 is 0. The average Bonchev–Trinajstić information content (AvgIpc) is 2.68. The van der Waals surface area contributed by atoms with Crippen LogP contribution in [0.15, 0.2) is 0 Å². The van der Waals surface area contributed by atoms with Crippen molar-refractivity contribution in [2.45, 2.75) is 24.5 Å². The monoisotopic (exact) mass is 417 g/mol. The van der Waals surface area contributed by atoms with Crippen LogP contribution in [0.5, 0.6) is 0 Å². The first-order valence-electron chi connectivity index (χ1n) is 6.06. The molecule has 1 fully saturated rings. The van der Waals surface area contributed by atoms with Crippen molar-refractivity contribution in [2.75, 3.05) is 20.8 Å². The first kappa shape index (κ1) is 22.3. The van der Waals surface area contributed by atoms with Gasteiger partial charge in [0.2, 0.25) is 0 Å². The first-order valence-corrected chi connectivity index (χ1v) is 10.5. The fraction of sp³-hybridized carbons (Fsp3) is 1.00. The molecule has 24 heavy (non-hydrogen) atoms. The van der Waals surface area contributed by atoms with Gasteiger partial charge in [-0.1, -0.05) is 0 Å². The molecule has 6 N–H and O–H groups in total. The van der Waals surface area contributed by atoms with Gasteiger partial charge < -0.3 is 35.0 Å². The maximum absolute atomic E-state index is 11.6. The summed E-state index contributed by atoms with van der Waals surface area (Å²) in [4.78, 5) is 27.4. The molecular weight excluding hydrogens is 399 g/mol. The molecule has 1 heterocycles. The Morgan fingerprint density at radius 1 is 1.04 bits per heavy atom. The number of methoxy groups -OCH3 is 1. The van der Waals surface area contributed by atoms with E-state index in [4.69, 9.17) is 25.0 Å². The molecule has 17 heteroatoms. The van der Waals surface area contributed by atoms with Crippen molar-refractivity contribution in [1.82, 2.24) is 0 Å². The Labute approximate surface area is 136 Å². The highest BCUT2D eigenvalue weighted by atomic mass is 31.3. The van der Waals surface area contributed by atoms with Gasteiger partial charge in [0, 0.05) is 14.2 Å². The molecule has 0 aromatic rings.